The second-order valence-corrected chi connectivity index (χ2v) is 6.96. The van der Waals surface area contributed by atoms with E-state index in [1.165, 1.54) is 6.07 Å². The van der Waals surface area contributed by atoms with Crippen molar-refractivity contribution in [1.82, 2.24) is 10.4 Å². The zero-order valence-corrected chi connectivity index (χ0v) is 15.1. The normalized spacial score (nSPS) is 13.6. The molecule has 0 unspecified atom stereocenters. The number of hydrogen-bond donors (Lipinski definition) is 2. The Morgan fingerprint density at radius 2 is 1.85 bits per heavy atom. The molecular weight excluding hydrogens is 338 g/mol. The highest BCUT2D eigenvalue weighted by Gasteiger charge is 2.38. The van der Waals surface area contributed by atoms with E-state index in [2.05, 4.69) is 5.43 Å². The first-order valence-electron chi connectivity index (χ1n) is 8.36. The van der Waals surface area contributed by atoms with E-state index in [0.29, 0.717) is 10.6 Å². The molecule has 2 rings (SSSR count). The van der Waals surface area contributed by atoms with Gasteiger partial charge in [0.25, 0.3) is 11.8 Å². The molecule has 0 saturated carbocycles. The van der Waals surface area contributed by atoms with E-state index in [1.54, 1.807) is 32.9 Å². The van der Waals surface area contributed by atoms with Crippen LogP contribution in [0.3, 0.4) is 0 Å². The Morgan fingerprint density at radius 1 is 1.15 bits per heavy atom. The van der Waals surface area contributed by atoms with E-state index in [1.807, 2.05) is 0 Å². The predicted molar refractivity (Wildman–Crippen MR) is 92.7 cm³/mol. The van der Waals surface area contributed by atoms with Crippen molar-refractivity contribution < 1.29 is 23.9 Å². The molecule has 8 nitrogen and oxygen atoms in total. The monoisotopic (exact) mass is 361 g/mol. The van der Waals surface area contributed by atoms with E-state index in [9.17, 15) is 19.2 Å². The number of carbonyl (C=O) groups excluding carboxylic acids is 4. The summed E-state index contributed by atoms with van der Waals surface area (Å²) in [5.74, 6) is -2.14. The Bertz CT molecular complexity index is 752. The highest BCUT2D eigenvalue weighted by Crippen LogP contribution is 2.24. The third-order valence-corrected chi connectivity index (χ3v) is 3.66. The Labute approximate surface area is 151 Å². The van der Waals surface area contributed by atoms with Crippen LogP contribution in [0, 0.1) is 0 Å². The molecule has 26 heavy (non-hydrogen) atoms. The fourth-order valence-electron chi connectivity index (χ4n) is 2.59. The molecule has 0 atom stereocenters. The summed E-state index contributed by atoms with van der Waals surface area (Å²) in [4.78, 5) is 48.4. The Hall–Kier alpha value is -2.74. The molecule has 1 heterocycles. The number of hydrazine groups is 1. The summed E-state index contributed by atoms with van der Waals surface area (Å²) in [5, 5.41) is 0.694. The third kappa shape index (κ3) is 4.45. The van der Waals surface area contributed by atoms with Crippen molar-refractivity contribution in [3.63, 3.8) is 0 Å². The van der Waals surface area contributed by atoms with Crippen LogP contribution in [-0.4, -0.2) is 34.3 Å². The molecule has 0 aliphatic carbocycles. The second kappa shape index (κ2) is 7.65. The van der Waals surface area contributed by atoms with E-state index >= 15 is 0 Å². The van der Waals surface area contributed by atoms with Crippen LogP contribution in [0.5, 0.6) is 0 Å². The number of nitrogens with two attached hydrogens (primary N) is 1. The summed E-state index contributed by atoms with van der Waals surface area (Å²) in [7, 11) is 0. The first kappa shape index (κ1) is 19.6. The zero-order chi connectivity index (χ0) is 19.5. The number of benzene rings is 1. The number of fused-ring (bicyclic) bond motifs is 1. The van der Waals surface area contributed by atoms with Gasteiger partial charge in [0.05, 0.1) is 11.1 Å². The van der Waals surface area contributed by atoms with Gasteiger partial charge in [0.15, 0.2) is 0 Å². The van der Waals surface area contributed by atoms with E-state index in [4.69, 9.17) is 10.5 Å². The van der Waals surface area contributed by atoms with Crippen molar-refractivity contribution in [2.45, 2.75) is 52.2 Å². The molecule has 0 spiro atoms. The van der Waals surface area contributed by atoms with Gasteiger partial charge in [0, 0.05) is 19.4 Å². The molecule has 0 aromatic heterocycles. The van der Waals surface area contributed by atoms with Gasteiger partial charge in [-0.15, -0.1) is 0 Å². The van der Waals surface area contributed by atoms with E-state index < -0.39 is 29.3 Å². The van der Waals surface area contributed by atoms with Gasteiger partial charge in [-0.05, 0) is 38.8 Å². The van der Waals surface area contributed by atoms with Gasteiger partial charge < -0.3 is 10.5 Å². The van der Waals surface area contributed by atoms with Crippen LogP contribution >= 0.6 is 0 Å². The maximum absolute atomic E-state index is 12.4. The number of rotatable bonds is 6. The average molecular weight is 361 g/mol. The average Bonchev–Trinajstić information content (AvgIpc) is 2.78. The van der Waals surface area contributed by atoms with Crippen LogP contribution in [0.1, 0.15) is 66.3 Å². The number of esters is 1. The molecule has 8 heteroatoms. The molecule has 140 valence electrons. The second-order valence-electron chi connectivity index (χ2n) is 6.96. The summed E-state index contributed by atoms with van der Waals surface area (Å²) >= 11 is 0. The minimum absolute atomic E-state index is 0.0175. The lowest BCUT2D eigenvalue weighted by Gasteiger charge is -2.19. The van der Waals surface area contributed by atoms with Crippen LogP contribution < -0.4 is 11.2 Å². The molecule has 0 bridgehead atoms. The van der Waals surface area contributed by atoms with Crippen LogP contribution in [0.25, 0.3) is 0 Å². The maximum atomic E-state index is 12.4. The smallest absolute Gasteiger partial charge is 0.306 e. The van der Waals surface area contributed by atoms with Crippen molar-refractivity contribution in [3.05, 3.63) is 34.9 Å². The lowest BCUT2D eigenvalue weighted by molar-refractivity contribution is -0.154. The zero-order valence-electron chi connectivity index (χ0n) is 15.1. The molecular formula is C18H23N3O5. The Kier molecular flexibility index (Phi) is 5.76. The molecule has 0 radical (unpaired) electrons. The fourth-order valence-corrected chi connectivity index (χ4v) is 2.59. The number of carbonyl (C=O) groups is 4. The van der Waals surface area contributed by atoms with Crippen LogP contribution in [0.15, 0.2) is 18.2 Å². The number of imide groups is 1. The van der Waals surface area contributed by atoms with Gasteiger partial charge in [-0.3, -0.25) is 24.6 Å². The number of ether oxygens (including phenoxy) is 1. The predicted octanol–water partition coefficient (Wildman–Crippen LogP) is 1.28. The molecule has 1 aromatic carbocycles. The molecule has 3 N–H and O–H groups in total. The number of hydrogen-bond acceptors (Lipinski definition) is 6. The molecule has 1 aliphatic heterocycles. The topological polar surface area (TPSA) is 119 Å². The van der Waals surface area contributed by atoms with Crippen molar-refractivity contribution in [2.24, 2.45) is 5.73 Å². The van der Waals surface area contributed by atoms with Crippen molar-refractivity contribution in [2.75, 3.05) is 0 Å². The lowest BCUT2D eigenvalue weighted by atomic mass is 10.0. The minimum Gasteiger partial charge on any atom is -0.460 e. The van der Waals surface area contributed by atoms with E-state index in [0.717, 1.165) is 0 Å². The standard InChI is InChI=1S/C18H23N3O5/c1-18(2,3)26-14(23)9-5-8-13(22)20-21-16(24)12-7-4-6-11(10-19)15(12)17(21)25/h4,6-7H,5,8-10,19H2,1-3H3,(H,20,22). The summed E-state index contributed by atoms with van der Waals surface area (Å²) in [6, 6.07) is 4.82. The van der Waals surface area contributed by atoms with Crippen molar-refractivity contribution in [1.29, 1.82) is 0 Å². The minimum atomic E-state index is -0.605. The van der Waals surface area contributed by atoms with Gasteiger partial charge in [-0.25, -0.2) is 0 Å². The van der Waals surface area contributed by atoms with Gasteiger partial charge in [0.2, 0.25) is 5.91 Å². The van der Waals surface area contributed by atoms with Crippen LogP contribution in [-0.2, 0) is 20.9 Å². The molecule has 1 aliphatic rings. The first-order chi connectivity index (χ1) is 12.1. The largest absolute Gasteiger partial charge is 0.460 e. The lowest BCUT2D eigenvalue weighted by Crippen LogP contribution is -2.45. The van der Waals surface area contributed by atoms with Gasteiger partial charge in [-0.2, -0.15) is 5.01 Å². The SMILES string of the molecule is CC(C)(C)OC(=O)CCCC(=O)NN1C(=O)c2cccc(CN)c2C1=O. The quantitative estimate of drug-likeness (QED) is 0.582. The first-order valence-corrected chi connectivity index (χ1v) is 8.36. The highest BCUT2D eigenvalue weighted by atomic mass is 16.6. The summed E-state index contributed by atoms with van der Waals surface area (Å²) in [6.45, 7) is 5.39. The van der Waals surface area contributed by atoms with Crippen molar-refractivity contribution in [3.8, 4) is 0 Å². The van der Waals surface area contributed by atoms with Crippen molar-refractivity contribution >= 4 is 23.7 Å². The van der Waals surface area contributed by atoms with Gasteiger partial charge in [-0.1, -0.05) is 12.1 Å². The number of amides is 3. The maximum Gasteiger partial charge on any atom is 0.306 e. The molecule has 0 saturated heterocycles. The summed E-state index contributed by atoms with van der Waals surface area (Å²) in [6.07, 6.45) is 0.304. The Balaban J connectivity index is 1.91. The molecule has 3 amide bonds. The highest BCUT2D eigenvalue weighted by molar-refractivity contribution is 6.22. The van der Waals surface area contributed by atoms with E-state index in [-0.39, 0.29) is 36.9 Å². The third-order valence-electron chi connectivity index (χ3n) is 3.66. The van der Waals surface area contributed by atoms with Gasteiger partial charge in [0.1, 0.15) is 5.60 Å². The van der Waals surface area contributed by atoms with Crippen LogP contribution in [0.2, 0.25) is 0 Å². The summed E-state index contributed by atoms with van der Waals surface area (Å²) in [5.41, 5.74) is 8.30. The summed E-state index contributed by atoms with van der Waals surface area (Å²) < 4.78 is 5.15. The molecule has 0 fully saturated rings. The number of nitrogens with one attached hydrogen (secondary N) is 1. The molecule has 1 aromatic rings. The number of nitrogens with zero attached hydrogens (tertiary/aromatic N) is 1. The Morgan fingerprint density at radius 3 is 2.46 bits per heavy atom. The van der Waals surface area contributed by atoms with Gasteiger partial charge >= 0.3 is 5.97 Å². The van der Waals surface area contributed by atoms with Crippen LogP contribution in [0.4, 0.5) is 0 Å². The fraction of sp³-hybridized carbons (Fsp3) is 0.444.